The maximum Gasteiger partial charge on any atom is 0.330 e. The number of ether oxygens (including phenoxy) is 2. The van der Waals surface area contributed by atoms with Crippen LogP contribution in [0.2, 0.25) is 0 Å². The fourth-order valence-electron chi connectivity index (χ4n) is 8.53. The number of carbonyl (C=O) groups excluding carboxylic acids is 3. The minimum Gasteiger partial charge on any atom is -0.497 e. The van der Waals surface area contributed by atoms with Crippen LogP contribution in [0.25, 0.3) is 22.3 Å². The molecule has 7 rings (SSSR count). The van der Waals surface area contributed by atoms with Crippen molar-refractivity contribution in [3.05, 3.63) is 41.8 Å². The van der Waals surface area contributed by atoms with Gasteiger partial charge in [-0.15, -0.1) is 11.3 Å². The van der Waals surface area contributed by atoms with Gasteiger partial charge in [-0.05, 0) is 57.1 Å². The molecule has 3 aliphatic heterocycles. The number of benzene rings is 1. The Bertz CT molecular complexity index is 2390. The summed E-state index contributed by atoms with van der Waals surface area (Å²) in [4.78, 5) is 67.1. The molecule has 18 nitrogen and oxygen atoms in total. The number of aromatic nitrogens is 2. The number of amides is 4. The van der Waals surface area contributed by atoms with Crippen molar-refractivity contribution in [2.24, 2.45) is 11.3 Å². The van der Waals surface area contributed by atoms with Crippen LogP contribution in [0.15, 0.2) is 41.8 Å². The first kappa shape index (κ1) is 46.9. The molecule has 1 aromatic carbocycles. The summed E-state index contributed by atoms with van der Waals surface area (Å²) < 4.78 is 40.9. The number of carbonyl (C=O) groups is 4. The van der Waals surface area contributed by atoms with E-state index in [0.29, 0.717) is 53.2 Å². The minimum atomic E-state index is -3.68. The third-order valence-electron chi connectivity index (χ3n) is 12.5. The zero-order valence-corrected chi connectivity index (χ0v) is 39.2. The summed E-state index contributed by atoms with van der Waals surface area (Å²) in [5.41, 5.74) is -0.330. The van der Waals surface area contributed by atoms with Gasteiger partial charge in [0, 0.05) is 74.0 Å². The lowest BCUT2D eigenvalue weighted by Crippen LogP contribution is -2.59. The number of rotatable bonds is 11. The Balaban J connectivity index is 1.19. The molecule has 4 aliphatic rings. The number of thiazole rings is 1. The SMILES string of the molecule is COc1ccc2c(O[C@@H]3C[C@H]4C(=O)N[C@]5(C(=O)O)CC5/C=C\CCCCC[C@H](NC(=O)N[C@H](CN5CCN(C)S5(=O)=O)C(C)(C)C)C(=O)N4C3)cc(-c3csc(NC(C)C)n3)nc2c1. The Morgan fingerprint density at radius 1 is 1.09 bits per heavy atom. The maximum atomic E-state index is 14.9. The maximum absolute atomic E-state index is 14.9. The lowest BCUT2D eigenvalue weighted by Gasteiger charge is -2.35. The second kappa shape index (κ2) is 18.8. The van der Waals surface area contributed by atoms with Crippen LogP contribution < -0.4 is 30.7 Å². The van der Waals surface area contributed by atoms with Gasteiger partial charge in [0.1, 0.15) is 40.9 Å². The fraction of sp³-hybridized carbons (Fsp3) is 0.591. The third kappa shape index (κ3) is 10.2. The molecule has 1 unspecified atom stereocenters. The summed E-state index contributed by atoms with van der Waals surface area (Å²) in [6.07, 6.45) is 6.38. The lowest BCUT2D eigenvalue weighted by molar-refractivity contribution is -0.145. The summed E-state index contributed by atoms with van der Waals surface area (Å²) in [5.74, 6) is -1.66. The van der Waals surface area contributed by atoms with Crippen molar-refractivity contribution in [2.45, 2.75) is 115 Å². The number of nitrogens with one attached hydrogen (secondary N) is 4. The van der Waals surface area contributed by atoms with Gasteiger partial charge in [0.05, 0.1) is 24.9 Å². The predicted octanol–water partition coefficient (Wildman–Crippen LogP) is 4.59. The second-order valence-electron chi connectivity index (χ2n) is 18.6. The Morgan fingerprint density at radius 3 is 2.56 bits per heavy atom. The predicted molar refractivity (Wildman–Crippen MR) is 243 cm³/mol. The molecule has 4 amide bonds. The smallest absolute Gasteiger partial charge is 0.330 e. The van der Waals surface area contributed by atoms with Crippen LogP contribution in [-0.2, 0) is 24.6 Å². The van der Waals surface area contributed by atoms with E-state index in [1.54, 1.807) is 25.3 Å². The first-order chi connectivity index (χ1) is 30.3. The Labute approximate surface area is 378 Å². The standard InChI is InChI=1S/C44H61N9O9S2/c1-26(2)45-42-48-34(25-63-42)33-21-36(30-16-15-28(61-7)19-32(30)46-33)62-29-20-35-38(54)50-44(40(56)57)22-27(44)13-11-9-8-10-12-14-31(39(55)53(35)23-29)47-41(58)49-37(43(3,4)5)24-52-18-17-51(6)64(52,59)60/h11,13,15-16,19,21,25-27,29,31,35,37H,8-10,12,14,17-18,20,22-24H2,1-7H3,(H,45,48)(H,50,54)(H,56,57)(H2,47,49,58)/b13-11-/t27?,29-,31+,35+,37-,44-/m1/s1. The van der Waals surface area contributed by atoms with Gasteiger partial charge in [-0.2, -0.15) is 17.0 Å². The number of fused-ring (bicyclic) bond motifs is 3. The topological polar surface area (TPSA) is 225 Å². The Morgan fingerprint density at radius 2 is 1.88 bits per heavy atom. The van der Waals surface area contributed by atoms with Crippen LogP contribution in [0.4, 0.5) is 9.93 Å². The molecule has 2 aromatic heterocycles. The van der Waals surface area contributed by atoms with E-state index in [1.165, 1.54) is 31.9 Å². The molecule has 2 saturated heterocycles. The number of likely N-dealkylation sites (N-methyl/N-ethyl adjacent to an activating group) is 1. The van der Waals surface area contributed by atoms with Crippen LogP contribution in [0, 0.1) is 11.3 Å². The average Bonchev–Trinajstić information content (AvgIpc) is 3.46. The number of pyridine rings is 1. The van der Waals surface area contributed by atoms with Crippen LogP contribution in [0.5, 0.6) is 11.5 Å². The van der Waals surface area contributed by atoms with Crippen LogP contribution in [-0.4, -0.2) is 137 Å². The number of hydrogen-bond donors (Lipinski definition) is 5. The molecule has 3 aromatic rings. The largest absolute Gasteiger partial charge is 0.497 e. The Hall–Kier alpha value is -5.05. The van der Waals surface area contributed by atoms with E-state index >= 15 is 0 Å². The van der Waals surface area contributed by atoms with Crippen molar-refractivity contribution in [1.29, 1.82) is 0 Å². The summed E-state index contributed by atoms with van der Waals surface area (Å²) >= 11 is 1.45. The highest BCUT2D eigenvalue weighted by Crippen LogP contribution is 2.45. The van der Waals surface area contributed by atoms with E-state index in [2.05, 4.69) is 21.3 Å². The minimum absolute atomic E-state index is 0.0337. The molecule has 3 fully saturated rings. The van der Waals surface area contributed by atoms with Gasteiger partial charge < -0.3 is 40.7 Å². The van der Waals surface area contributed by atoms with Gasteiger partial charge in [-0.3, -0.25) is 9.59 Å². The second-order valence-corrected chi connectivity index (χ2v) is 21.5. The average molecular weight is 924 g/mol. The number of urea groups is 1. The van der Waals surface area contributed by atoms with Crippen LogP contribution in [0.3, 0.4) is 0 Å². The van der Waals surface area contributed by atoms with Crippen LogP contribution >= 0.6 is 11.3 Å². The first-order valence-electron chi connectivity index (χ1n) is 22.0. The molecule has 64 heavy (non-hydrogen) atoms. The van der Waals surface area contributed by atoms with Crippen molar-refractivity contribution in [2.75, 3.05) is 45.7 Å². The summed E-state index contributed by atoms with van der Waals surface area (Å²) in [5, 5.41) is 25.7. The van der Waals surface area contributed by atoms with E-state index < -0.39 is 75.1 Å². The molecule has 1 aliphatic carbocycles. The van der Waals surface area contributed by atoms with Gasteiger partial charge in [-0.25, -0.2) is 19.6 Å². The van der Waals surface area contributed by atoms with Gasteiger partial charge in [0.25, 0.3) is 10.2 Å². The molecular formula is C44H61N9O9S2. The van der Waals surface area contributed by atoms with Crippen molar-refractivity contribution in [1.82, 2.24) is 39.4 Å². The van der Waals surface area contributed by atoms with Gasteiger partial charge >= 0.3 is 12.0 Å². The van der Waals surface area contributed by atoms with Gasteiger partial charge in [0.15, 0.2) is 5.13 Å². The molecule has 0 radical (unpaired) electrons. The highest BCUT2D eigenvalue weighted by Gasteiger charge is 2.61. The number of methoxy groups -OCH3 is 1. The molecule has 0 spiro atoms. The number of allylic oxidation sites excluding steroid dienone is 1. The zero-order chi connectivity index (χ0) is 46.1. The summed E-state index contributed by atoms with van der Waals surface area (Å²) in [6, 6.07) is 3.89. The third-order valence-corrected chi connectivity index (χ3v) is 15.2. The van der Waals surface area contributed by atoms with E-state index in [0.717, 1.165) is 18.0 Å². The summed E-state index contributed by atoms with van der Waals surface area (Å²) in [7, 11) is -0.602. The highest BCUT2D eigenvalue weighted by atomic mass is 32.2. The molecule has 20 heteroatoms. The Kier molecular flexibility index (Phi) is 13.8. The molecular weight excluding hydrogens is 863 g/mol. The molecule has 348 valence electrons. The number of carboxylic acid groups (broad SMARTS) is 1. The van der Waals surface area contributed by atoms with E-state index in [1.807, 2.05) is 58.2 Å². The monoisotopic (exact) mass is 923 g/mol. The number of nitrogens with zero attached hydrogens (tertiary/aromatic N) is 5. The van der Waals surface area contributed by atoms with Crippen molar-refractivity contribution < 1.29 is 42.2 Å². The van der Waals surface area contributed by atoms with E-state index in [9.17, 15) is 32.7 Å². The quantitative estimate of drug-likeness (QED) is 0.167. The number of hydrogen-bond acceptors (Lipinski definition) is 12. The number of aliphatic carboxylic acids is 1. The van der Waals surface area contributed by atoms with Crippen LogP contribution in [0.1, 0.15) is 79.6 Å². The van der Waals surface area contributed by atoms with Gasteiger partial charge in [-0.1, -0.05) is 45.8 Å². The van der Waals surface area contributed by atoms with Gasteiger partial charge in [0.2, 0.25) is 11.8 Å². The molecule has 1 saturated carbocycles. The molecule has 0 bridgehead atoms. The van der Waals surface area contributed by atoms with Crippen molar-refractivity contribution >= 4 is 61.4 Å². The summed E-state index contributed by atoms with van der Waals surface area (Å²) in [6.45, 7) is 10.4. The number of carboxylic acids is 1. The lowest BCUT2D eigenvalue weighted by atomic mass is 9.86. The molecule has 6 atom stereocenters. The van der Waals surface area contributed by atoms with Crippen molar-refractivity contribution in [3.63, 3.8) is 0 Å². The normalized spacial score (nSPS) is 26.5. The van der Waals surface area contributed by atoms with E-state index in [-0.39, 0.29) is 44.9 Å². The first-order valence-corrected chi connectivity index (χ1v) is 24.3. The molecule has 5 N–H and O–H groups in total. The number of anilines is 1. The van der Waals surface area contributed by atoms with E-state index in [4.69, 9.17) is 19.4 Å². The fourth-order valence-corrected chi connectivity index (χ4v) is 10.7. The highest BCUT2D eigenvalue weighted by molar-refractivity contribution is 7.87. The van der Waals surface area contributed by atoms with Crippen molar-refractivity contribution in [3.8, 4) is 22.9 Å². The zero-order valence-electron chi connectivity index (χ0n) is 37.5. The molecule has 5 heterocycles.